The van der Waals surface area contributed by atoms with E-state index in [-0.39, 0.29) is 24.2 Å². The number of halogens is 3. The van der Waals surface area contributed by atoms with Crippen molar-refractivity contribution in [1.82, 2.24) is 14.8 Å². The van der Waals surface area contributed by atoms with Crippen molar-refractivity contribution in [2.24, 2.45) is 5.92 Å². The monoisotopic (exact) mass is 557 g/mol. The van der Waals surface area contributed by atoms with Crippen LogP contribution in [0.1, 0.15) is 22.7 Å². The SMILES string of the molecule is O=C(Nc1ccc(N2CCN(C(=O)N3CCC(C(=O)O)C3)CC2)cc1)c1nc(-c2ccccc2)oc1C(F)(F)F. The van der Waals surface area contributed by atoms with E-state index in [1.165, 1.54) is 12.1 Å². The quantitative estimate of drug-likeness (QED) is 0.481. The summed E-state index contributed by atoms with van der Waals surface area (Å²) in [5.74, 6) is -4.25. The van der Waals surface area contributed by atoms with Crippen molar-refractivity contribution in [1.29, 1.82) is 0 Å². The number of likely N-dealkylation sites (tertiary alicyclic amines) is 1. The summed E-state index contributed by atoms with van der Waals surface area (Å²) in [5.41, 5.74) is 0.551. The molecule has 2 aliphatic heterocycles. The zero-order valence-corrected chi connectivity index (χ0v) is 21.2. The van der Waals surface area contributed by atoms with Crippen LogP contribution in [0, 0.1) is 5.92 Å². The van der Waals surface area contributed by atoms with Gasteiger partial charge < -0.3 is 29.5 Å². The van der Waals surface area contributed by atoms with E-state index >= 15 is 0 Å². The predicted octanol–water partition coefficient (Wildman–Crippen LogP) is 4.26. The fraction of sp³-hybridized carbons (Fsp3) is 0.333. The zero-order chi connectivity index (χ0) is 28.4. The molecule has 13 heteroatoms. The zero-order valence-electron chi connectivity index (χ0n) is 21.2. The van der Waals surface area contributed by atoms with Gasteiger partial charge in [0.25, 0.3) is 5.91 Å². The molecule has 0 radical (unpaired) electrons. The highest BCUT2D eigenvalue weighted by molar-refractivity contribution is 6.04. The van der Waals surface area contributed by atoms with Crippen molar-refractivity contribution in [2.75, 3.05) is 49.5 Å². The molecule has 40 heavy (non-hydrogen) atoms. The van der Waals surface area contributed by atoms with E-state index in [0.717, 1.165) is 5.69 Å². The maximum Gasteiger partial charge on any atom is 0.452 e. The number of anilines is 2. The number of hydrogen-bond donors (Lipinski definition) is 2. The molecule has 3 amide bonds. The van der Waals surface area contributed by atoms with Crippen LogP contribution >= 0.6 is 0 Å². The van der Waals surface area contributed by atoms with Crippen LogP contribution < -0.4 is 10.2 Å². The van der Waals surface area contributed by atoms with Crippen LogP contribution in [-0.2, 0) is 11.0 Å². The Morgan fingerprint density at radius 1 is 0.925 bits per heavy atom. The van der Waals surface area contributed by atoms with Crippen LogP contribution in [0.5, 0.6) is 0 Å². The second-order valence-electron chi connectivity index (χ2n) is 9.59. The second kappa shape index (κ2) is 10.9. The highest BCUT2D eigenvalue weighted by atomic mass is 19.4. The highest BCUT2D eigenvalue weighted by Crippen LogP contribution is 2.35. The summed E-state index contributed by atoms with van der Waals surface area (Å²) in [6.07, 6.45) is -4.46. The molecular weight excluding hydrogens is 531 g/mol. The molecule has 3 aromatic rings. The Balaban J connectivity index is 1.20. The molecule has 2 aliphatic rings. The molecule has 0 aliphatic carbocycles. The van der Waals surface area contributed by atoms with Crippen LogP contribution in [0.4, 0.5) is 29.3 Å². The van der Waals surface area contributed by atoms with E-state index in [9.17, 15) is 27.6 Å². The van der Waals surface area contributed by atoms with Crippen molar-refractivity contribution >= 4 is 29.3 Å². The van der Waals surface area contributed by atoms with Crippen molar-refractivity contribution in [3.63, 3.8) is 0 Å². The first-order chi connectivity index (χ1) is 19.1. The standard InChI is InChI=1S/C27H26F3N5O5/c28-27(29,30)22-21(32-24(40-22)17-4-2-1-3-5-17)23(36)31-19-6-8-20(9-7-19)33-12-14-34(15-13-33)26(39)35-11-10-18(16-35)25(37)38/h1-9,18H,10-16H2,(H,31,36)(H,37,38). The van der Waals surface area contributed by atoms with Crippen LogP contribution in [-0.4, -0.2) is 77.1 Å². The largest absolute Gasteiger partial charge is 0.481 e. The predicted molar refractivity (Wildman–Crippen MR) is 138 cm³/mol. The van der Waals surface area contributed by atoms with Gasteiger partial charge in [-0.25, -0.2) is 9.78 Å². The normalized spacial score (nSPS) is 17.7. The lowest BCUT2D eigenvalue weighted by molar-refractivity contribution is -0.153. The molecule has 2 saturated heterocycles. The fourth-order valence-electron chi connectivity index (χ4n) is 4.81. The summed E-state index contributed by atoms with van der Waals surface area (Å²) < 4.78 is 45.7. The molecule has 0 bridgehead atoms. The van der Waals surface area contributed by atoms with Gasteiger partial charge in [0.05, 0.1) is 5.92 Å². The molecule has 2 aromatic carbocycles. The molecule has 1 atom stereocenters. The lowest BCUT2D eigenvalue weighted by Crippen LogP contribution is -2.52. The number of carbonyl (C=O) groups is 3. The number of carbonyl (C=O) groups excluding carboxylic acids is 2. The Morgan fingerprint density at radius 3 is 2.20 bits per heavy atom. The number of amides is 3. The maximum atomic E-state index is 13.6. The van der Waals surface area contributed by atoms with Gasteiger partial charge in [0.15, 0.2) is 5.69 Å². The summed E-state index contributed by atoms with van der Waals surface area (Å²) in [6, 6.07) is 14.4. The summed E-state index contributed by atoms with van der Waals surface area (Å²) in [5, 5.41) is 11.6. The average molecular weight is 558 g/mol. The number of hydrogen-bond acceptors (Lipinski definition) is 6. The average Bonchev–Trinajstić information content (AvgIpc) is 3.63. The van der Waals surface area contributed by atoms with Gasteiger partial charge in [-0.2, -0.15) is 13.2 Å². The number of alkyl halides is 3. The Morgan fingerprint density at radius 2 is 1.60 bits per heavy atom. The number of piperazine rings is 1. The summed E-state index contributed by atoms with van der Waals surface area (Å²) >= 11 is 0. The van der Waals surface area contributed by atoms with Gasteiger partial charge in [-0.3, -0.25) is 9.59 Å². The number of nitrogens with zero attached hydrogens (tertiary/aromatic N) is 4. The van der Waals surface area contributed by atoms with Gasteiger partial charge in [0.2, 0.25) is 11.7 Å². The van der Waals surface area contributed by atoms with Gasteiger partial charge in [-0.05, 0) is 42.8 Å². The molecular formula is C27H26F3N5O5. The number of oxazole rings is 1. The van der Waals surface area contributed by atoms with E-state index in [2.05, 4.69) is 10.3 Å². The number of carboxylic acids is 1. The number of urea groups is 1. The Hall–Kier alpha value is -4.55. The Labute approximate surface area is 227 Å². The van der Waals surface area contributed by atoms with Crippen molar-refractivity contribution in [3.8, 4) is 11.5 Å². The number of benzene rings is 2. The topological polar surface area (TPSA) is 119 Å². The van der Waals surface area contributed by atoms with Crippen molar-refractivity contribution in [3.05, 3.63) is 66.1 Å². The van der Waals surface area contributed by atoms with E-state index in [0.29, 0.717) is 44.7 Å². The van der Waals surface area contributed by atoms with E-state index in [1.54, 1.807) is 52.3 Å². The molecule has 0 saturated carbocycles. The van der Waals surface area contributed by atoms with Gasteiger partial charge in [-0.15, -0.1) is 0 Å². The molecule has 1 aromatic heterocycles. The van der Waals surface area contributed by atoms with Gasteiger partial charge in [-0.1, -0.05) is 18.2 Å². The molecule has 2 N–H and O–H groups in total. The number of nitrogens with one attached hydrogen (secondary N) is 1. The van der Waals surface area contributed by atoms with Gasteiger partial charge >= 0.3 is 18.2 Å². The molecule has 1 unspecified atom stereocenters. The second-order valence-corrected chi connectivity index (χ2v) is 9.59. The van der Waals surface area contributed by atoms with Crippen LogP contribution in [0.15, 0.2) is 59.0 Å². The van der Waals surface area contributed by atoms with Crippen LogP contribution in [0.3, 0.4) is 0 Å². The first kappa shape index (κ1) is 27.0. The number of aromatic nitrogens is 1. The van der Waals surface area contributed by atoms with E-state index in [4.69, 9.17) is 9.52 Å². The molecule has 0 spiro atoms. The number of carboxylic acid groups (broad SMARTS) is 1. The maximum absolute atomic E-state index is 13.6. The third kappa shape index (κ3) is 5.72. The third-order valence-corrected chi connectivity index (χ3v) is 6.97. The summed E-state index contributed by atoms with van der Waals surface area (Å²) in [4.78, 5) is 45.9. The Kier molecular flexibility index (Phi) is 7.37. The van der Waals surface area contributed by atoms with Crippen LogP contribution in [0.2, 0.25) is 0 Å². The lowest BCUT2D eigenvalue weighted by Gasteiger charge is -2.37. The molecule has 3 heterocycles. The van der Waals surface area contributed by atoms with E-state index in [1.807, 2.05) is 4.90 Å². The van der Waals surface area contributed by atoms with E-state index < -0.39 is 35.4 Å². The molecule has 2 fully saturated rings. The van der Waals surface area contributed by atoms with Crippen LogP contribution in [0.25, 0.3) is 11.5 Å². The van der Waals surface area contributed by atoms with Gasteiger partial charge in [0.1, 0.15) is 0 Å². The number of rotatable bonds is 5. The summed E-state index contributed by atoms with van der Waals surface area (Å²) in [6.45, 7) is 2.65. The minimum absolute atomic E-state index is 0.164. The first-order valence-corrected chi connectivity index (χ1v) is 12.7. The molecule has 210 valence electrons. The Bertz CT molecular complexity index is 1390. The molecule has 5 rings (SSSR count). The van der Waals surface area contributed by atoms with Crippen molar-refractivity contribution in [2.45, 2.75) is 12.6 Å². The minimum Gasteiger partial charge on any atom is -0.481 e. The van der Waals surface area contributed by atoms with Crippen molar-refractivity contribution < 1.29 is 37.1 Å². The molecule has 10 nitrogen and oxygen atoms in total. The first-order valence-electron chi connectivity index (χ1n) is 12.7. The summed E-state index contributed by atoms with van der Waals surface area (Å²) in [7, 11) is 0. The lowest BCUT2D eigenvalue weighted by atomic mass is 10.1. The van der Waals surface area contributed by atoms with Gasteiger partial charge in [0, 0.05) is 56.2 Å². The smallest absolute Gasteiger partial charge is 0.452 e. The third-order valence-electron chi connectivity index (χ3n) is 6.97. The fourth-order valence-corrected chi connectivity index (χ4v) is 4.81. The minimum atomic E-state index is -4.91. The number of aliphatic carboxylic acids is 1. The highest BCUT2D eigenvalue weighted by Gasteiger charge is 2.42.